The number of aromatic nitrogens is 15. The monoisotopic (exact) mass is 1530 g/mol. The molecule has 18 aromatic rings. The van der Waals surface area contributed by atoms with Gasteiger partial charge in [0.15, 0.2) is 11.6 Å². The summed E-state index contributed by atoms with van der Waals surface area (Å²) in [6.07, 6.45) is 17.7. The fraction of sp³-hybridized carbons (Fsp3) is 0.0882. The standard InChI is InChI=1S/4C12H11N.4C11H10N2.C10H9N3/c1-10-6-5-9-12(13-10)11-7-3-2-4-8-11;1-10-7-12(9-13-8-10)11-5-3-2-4-6-11;1-10-9-12(7-8-13-10)11-5-3-2-4-6-11;1-10-7-8-13-12(9-10)11-5-3-2-4-6-11;1-9-7-12-8-11(13-9)10-5-3-2-4-6-10;1-9-7-11(13-8-12-9)10-5-3-2-4-6-10;1-9-12-8-7-11(13-9)10-5-3-2-4-6-10;1-9-7-8-12-11(13-9)10-5-3-2-4-6-10;1-8-11-7-12-10(13-8)9-5-3-2-4-6-9/h4*2-9H,1H3;4*2-8H,1H3;2-7H,1H3. The van der Waals surface area contributed by atoms with Crippen LogP contribution in [0.15, 0.2) is 402 Å². The molecule has 18 rings (SSSR count). The number of pyridine rings is 4. The van der Waals surface area contributed by atoms with Crippen molar-refractivity contribution >= 4 is 0 Å². The van der Waals surface area contributed by atoms with Crippen LogP contribution in [-0.2, 0) is 0 Å². The van der Waals surface area contributed by atoms with E-state index in [2.05, 4.69) is 155 Å². The molecule has 0 spiro atoms. The zero-order chi connectivity index (χ0) is 81.9. The molecule has 576 valence electrons. The molecule has 0 saturated carbocycles. The minimum absolute atomic E-state index is 0.730. The molecule has 0 bridgehead atoms. The van der Waals surface area contributed by atoms with Crippen LogP contribution in [0.2, 0.25) is 0 Å². The first kappa shape index (κ1) is 84.4. The van der Waals surface area contributed by atoms with Crippen LogP contribution >= 0.6 is 0 Å². The molecule has 0 amide bonds. The van der Waals surface area contributed by atoms with E-state index in [-0.39, 0.29) is 0 Å². The summed E-state index contributed by atoms with van der Waals surface area (Å²) in [6.45, 7) is 17.8. The minimum atomic E-state index is 0.730. The Morgan fingerprint density at radius 2 is 0.581 bits per heavy atom. The lowest BCUT2D eigenvalue weighted by Crippen LogP contribution is -1.93. The highest BCUT2D eigenvalue weighted by Gasteiger charge is 2.05. The maximum atomic E-state index is 4.44. The minimum Gasteiger partial charge on any atom is -0.264 e. The number of benzene rings is 9. The highest BCUT2D eigenvalue weighted by molar-refractivity contribution is 5.66. The molecule has 0 aliphatic heterocycles. The van der Waals surface area contributed by atoms with Gasteiger partial charge in [0.05, 0.1) is 40.4 Å². The van der Waals surface area contributed by atoms with Crippen molar-refractivity contribution in [2.24, 2.45) is 0 Å². The molecule has 0 N–H and O–H groups in total. The normalized spacial score (nSPS) is 9.92. The summed E-state index contributed by atoms with van der Waals surface area (Å²) in [4.78, 5) is 63.0. The van der Waals surface area contributed by atoms with Gasteiger partial charge in [-0.2, -0.15) is 0 Å². The Morgan fingerprint density at radius 3 is 1.06 bits per heavy atom. The predicted molar refractivity (Wildman–Crippen MR) is 476 cm³/mol. The number of nitrogens with zero attached hydrogens (tertiary/aromatic N) is 15. The molecule has 0 unspecified atom stereocenters. The Morgan fingerprint density at radius 1 is 0.171 bits per heavy atom. The Labute approximate surface area is 687 Å². The van der Waals surface area contributed by atoms with E-state index < -0.39 is 0 Å². The summed E-state index contributed by atoms with van der Waals surface area (Å²) in [7, 11) is 0. The summed E-state index contributed by atoms with van der Waals surface area (Å²) in [5.74, 6) is 3.07. The van der Waals surface area contributed by atoms with E-state index in [0.717, 1.165) is 108 Å². The van der Waals surface area contributed by atoms with Gasteiger partial charge in [-0.3, -0.25) is 24.9 Å². The molecule has 9 heterocycles. The molecule has 9 aromatic heterocycles. The summed E-state index contributed by atoms with van der Waals surface area (Å²) in [5.41, 5.74) is 25.1. The SMILES string of the molecule is Cc1cc(-c2ccccc2)ccn1.Cc1cc(-c2ccccc2)ncn1.Cc1cccc(-c2ccccc2)n1.Cc1ccnc(-c2ccccc2)c1.Cc1ccnc(-c2ccccc2)n1.Cc1cncc(-c2ccccc2)c1.Cc1cncc(-c2ccccc2)n1.Cc1nccc(-c2ccccc2)n1.Cc1ncnc(-c2ccccc2)n1. The first-order valence-electron chi connectivity index (χ1n) is 38.3. The van der Waals surface area contributed by atoms with Gasteiger partial charge in [0.25, 0.3) is 0 Å². The zero-order valence-electron chi connectivity index (χ0n) is 67.3. The number of aryl methyl sites for hydroxylation is 9. The van der Waals surface area contributed by atoms with Gasteiger partial charge in [-0.1, -0.05) is 279 Å². The Kier molecular flexibility index (Phi) is 33.7. The van der Waals surface area contributed by atoms with E-state index in [0.29, 0.717) is 0 Å². The molecule has 9 aromatic carbocycles. The van der Waals surface area contributed by atoms with E-state index in [1.807, 2.05) is 346 Å². The second-order valence-corrected chi connectivity index (χ2v) is 26.6. The maximum Gasteiger partial charge on any atom is 0.162 e. The lowest BCUT2D eigenvalue weighted by Gasteiger charge is -2.00. The molecule has 0 aliphatic rings. The summed E-state index contributed by atoms with van der Waals surface area (Å²) in [5, 5.41) is 0. The maximum absolute atomic E-state index is 4.44. The van der Waals surface area contributed by atoms with Crippen LogP contribution in [0.25, 0.3) is 101 Å². The van der Waals surface area contributed by atoms with Crippen molar-refractivity contribution in [1.82, 2.24) is 74.8 Å². The lowest BCUT2D eigenvalue weighted by atomic mass is 10.1. The molecule has 0 aliphatic carbocycles. The van der Waals surface area contributed by atoms with Crippen LogP contribution in [0.1, 0.15) is 51.2 Å². The molecular formula is C102H93N15. The average Bonchev–Trinajstić information content (AvgIpc) is 0.932. The van der Waals surface area contributed by atoms with Gasteiger partial charge >= 0.3 is 0 Å². The quantitative estimate of drug-likeness (QED) is 0.132. The largest absolute Gasteiger partial charge is 0.264 e. The van der Waals surface area contributed by atoms with Gasteiger partial charge in [0.2, 0.25) is 0 Å². The number of hydrogen-bond donors (Lipinski definition) is 0. The Hall–Kier alpha value is -15.1. The van der Waals surface area contributed by atoms with Crippen molar-refractivity contribution < 1.29 is 0 Å². The number of hydrogen-bond acceptors (Lipinski definition) is 15. The van der Waals surface area contributed by atoms with Crippen molar-refractivity contribution in [1.29, 1.82) is 0 Å². The average molecular weight is 1530 g/mol. The third-order valence-corrected chi connectivity index (χ3v) is 17.0. The van der Waals surface area contributed by atoms with E-state index in [9.17, 15) is 0 Å². The van der Waals surface area contributed by atoms with E-state index in [1.54, 1.807) is 31.1 Å². The van der Waals surface area contributed by atoms with Gasteiger partial charge in [0, 0.05) is 111 Å². The van der Waals surface area contributed by atoms with Gasteiger partial charge < -0.3 is 0 Å². The molecule has 0 saturated heterocycles. The van der Waals surface area contributed by atoms with Crippen LogP contribution in [0.5, 0.6) is 0 Å². The van der Waals surface area contributed by atoms with Crippen LogP contribution in [0.4, 0.5) is 0 Å². The van der Waals surface area contributed by atoms with Gasteiger partial charge in [-0.25, -0.2) is 49.8 Å². The third kappa shape index (κ3) is 29.5. The highest BCUT2D eigenvalue weighted by atomic mass is 15.0. The molecule has 0 fully saturated rings. The number of rotatable bonds is 9. The van der Waals surface area contributed by atoms with Crippen molar-refractivity contribution in [3.63, 3.8) is 0 Å². The Balaban J connectivity index is 0.000000139. The van der Waals surface area contributed by atoms with Gasteiger partial charge in [-0.15, -0.1) is 0 Å². The summed E-state index contributed by atoms with van der Waals surface area (Å²) in [6, 6.07) is 113. The van der Waals surface area contributed by atoms with Gasteiger partial charge in [0.1, 0.15) is 24.3 Å². The molecule has 15 heteroatoms. The molecule has 0 atom stereocenters. The molecule has 0 radical (unpaired) electrons. The molecule has 15 nitrogen and oxygen atoms in total. The second-order valence-electron chi connectivity index (χ2n) is 26.6. The first-order chi connectivity index (χ1) is 57.2. The fourth-order valence-electron chi connectivity index (χ4n) is 11.3. The van der Waals surface area contributed by atoms with Crippen LogP contribution < -0.4 is 0 Å². The van der Waals surface area contributed by atoms with Crippen LogP contribution in [0, 0.1) is 62.3 Å². The first-order valence-corrected chi connectivity index (χ1v) is 38.3. The highest BCUT2D eigenvalue weighted by Crippen LogP contribution is 2.24. The summed E-state index contributed by atoms with van der Waals surface area (Å²) < 4.78 is 0. The zero-order valence-corrected chi connectivity index (χ0v) is 67.3. The van der Waals surface area contributed by atoms with Crippen LogP contribution in [0.3, 0.4) is 0 Å². The lowest BCUT2D eigenvalue weighted by molar-refractivity contribution is 0.983. The molecule has 117 heavy (non-hydrogen) atoms. The van der Waals surface area contributed by atoms with Crippen molar-refractivity contribution in [2.45, 2.75) is 62.3 Å². The second kappa shape index (κ2) is 46.7. The summed E-state index contributed by atoms with van der Waals surface area (Å²) >= 11 is 0. The topological polar surface area (TPSA) is 193 Å². The van der Waals surface area contributed by atoms with Crippen LogP contribution in [-0.4, -0.2) is 74.8 Å². The van der Waals surface area contributed by atoms with Crippen molar-refractivity contribution in [3.8, 4) is 101 Å². The molecular weight excluding hydrogens is 1440 g/mol. The van der Waals surface area contributed by atoms with Crippen molar-refractivity contribution in [2.75, 3.05) is 0 Å². The van der Waals surface area contributed by atoms with Crippen molar-refractivity contribution in [3.05, 3.63) is 453 Å². The van der Waals surface area contributed by atoms with Gasteiger partial charge in [-0.05, 0) is 151 Å². The van der Waals surface area contributed by atoms with E-state index >= 15 is 0 Å². The van der Waals surface area contributed by atoms with E-state index in [1.165, 1.54) is 50.8 Å². The fourth-order valence-corrected chi connectivity index (χ4v) is 11.3. The Bertz CT molecular complexity index is 4710. The smallest absolute Gasteiger partial charge is 0.162 e. The third-order valence-electron chi connectivity index (χ3n) is 17.0. The predicted octanol–water partition coefficient (Wildman–Crippen LogP) is 23.9. The van der Waals surface area contributed by atoms with E-state index in [4.69, 9.17) is 0 Å².